The first-order valence-electron chi connectivity index (χ1n) is 8.98. The SMILES string of the molecule is CC[C@@H](c1cccc(Cl)c1)N1CC(NC(=O)c2cnn(C3CC3)c2)C1. The normalized spacial score (nSPS) is 19.4. The zero-order valence-corrected chi connectivity index (χ0v) is 15.1. The highest BCUT2D eigenvalue weighted by atomic mass is 35.5. The number of nitrogens with zero attached hydrogens (tertiary/aromatic N) is 3. The lowest BCUT2D eigenvalue weighted by atomic mass is 9.97. The fourth-order valence-corrected chi connectivity index (χ4v) is 3.74. The molecule has 1 aliphatic carbocycles. The summed E-state index contributed by atoms with van der Waals surface area (Å²) in [6, 6.07) is 9.11. The van der Waals surface area contributed by atoms with Gasteiger partial charge in [-0.1, -0.05) is 30.7 Å². The quantitative estimate of drug-likeness (QED) is 0.860. The molecule has 5 nitrogen and oxygen atoms in total. The molecular formula is C19H23ClN4O. The van der Waals surface area contributed by atoms with E-state index in [1.807, 2.05) is 29.1 Å². The molecule has 1 saturated carbocycles. The van der Waals surface area contributed by atoms with Crippen molar-refractivity contribution in [3.63, 3.8) is 0 Å². The number of carbonyl (C=O) groups excluding carboxylic acids is 1. The van der Waals surface area contributed by atoms with Crippen molar-refractivity contribution in [3.8, 4) is 0 Å². The first-order valence-corrected chi connectivity index (χ1v) is 9.36. The molecule has 1 saturated heterocycles. The fourth-order valence-electron chi connectivity index (χ4n) is 3.54. The molecule has 2 fully saturated rings. The molecule has 0 unspecified atom stereocenters. The first-order chi connectivity index (χ1) is 12.1. The molecule has 1 N–H and O–H groups in total. The van der Waals surface area contributed by atoms with Gasteiger partial charge >= 0.3 is 0 Å². The lowest BCUT2D eigenvalue weighted by Gasteiger charge is -2.44. The smallest absolute Gasteiger partial charge is 0.254 e. The molecule has 1 amide bonds. The van der Waals surface area contributed by atoms with Gasteiger partial charge in [0.05, 0.1) is 23.8 Å². The number of likely N-dealkylation sites (tertiary alicyclic amines) is 1. The van der Waals surface area contributed by atoms with E-state index in [4.69, 9.17) is 11.6 Å². The molecule has 6 heteroatoms. The van der Waals surface area contributed by atoms with Crippen LogP contribution in [0.2, 0.25) is 5.02 Å². The Morgan fingerprint density at radius 1 is 1.40 bits per heavy atom. The highest BCUT2D eigenvalue weighted by molar-refractivity contribution is 6.30. The van der Waals surface area contributed by atoms with E-state index in [1.54, 1.807) is 6.20 Å². The average Bonchev–Trinajstić information content (AvgIpc) is 3.30. The summed E-state index contributed by atoms with van der Waals surface area (Å²) in [6.07, 6.45) is 6.90. The van der Waals surface area contributed by atoms with Crippen LogP contribution < -0.4 is 5.32 Å². The molecule has 25 heavy (non-hydrogen) atoms. The first kappa shape index (κ1) is 16.6. The second kappa shape index (κ2) is 6.81. The molecule has 1 aliphatic heterocycles. The van der Waals surface area contributed by atoms with Crippen molar-refractivity contribution in [2.75, 3.05) is 13.1 Å². The molecule has 0 spiro atoms. The number of nitrogens with one attached hydrogen (secondary N) is 1. The summed E-state index contributed by atoms with van der Waals surface area (Å²) in [5, 5.41) is 8.18. The van der Waals surface area contributed by atoms with Gasteiger partial charge in [0.15, 0.2) is 0 Å². The lowest BCUT2D eigenvalue weighted by molar-refractivity contribution is 0.0618. The third-order valence-electron chi connectivity index (χ3n) is 5.09. The Kier molecular flexibility index (Phi) is 4.52. The highest BCUT2D eigenvalue weighted by Crippen LogP contribution is 2.34. The molecule has 0 bridgehead atoms. The Labute approximate surface area is 153 Å². The van der Waals surface area contributed by atoms with Gasteiger partial charge in [-0.25, -0.2) is 0 Å². The Hall–Kier alpha value is -1.85. The van der Waals surface area contributed by atoms with Gasteiger partial charge in [0, 0.05) is 30.4 Å². The molecule has 2 aromatic rings. The van der Waals surface area contributed by atoms with Crippen molar-refractivity contribution in [1.29, 1.82) is 0 Å². The number of hydrogen-bond acceptors (Lipinski definition) is 3. The lowest BCUT2D eigenvalue weighted by Crippen LogP contribution is -2.59. The Bertz CT molecular complexity index is 764. The summed E-state index contributed by atoms with van der Waals surface area (Å²) in [5.41, 5.74) is 1.90. The predicted octanol–water partition coefficient (Wildman–Crippen LogP) is 3.44. The van der Waals surface area contributed by atoms with Gasteiger partial charge < -0.3 is 5.32 Å². The van der Waals surface area contributed by atoms with Crippen molar-refractivity contribution < 1.29 is 4.79 Å². The number of halogens is 1. The van der Waals surface area contributed by atoms with Crippen molar-refractivity contribution in [2.24, 2.45) is 0 Å². The van der Waals surface area contributed by atoms with Crippen molar-refractivity contribution in [2.45, 2.75) is 44.3 Å². The second-order valence-electron chi connectivity index (χ2n) is 7.04. The standard InChI is InChI=1S/C19H23ClN4O/c1-2-18(13-4-3-5-15(20)8-13)23-11-16(12-23)22-19(25)14-9-21-24(10-14)17-6-7-17/h3-5,8-10,16-18H,2,6-7,11-12H2,1H3,(H,22,25)/t18-/m0/s1. The molecule has 0 radical (unpaired) electrons. The Balaban J connectivity index is 1.32. The minimum absolute atomic E-state index is 0.0210. The van der Waals surface area contributed by atoms with E-state index in [0.717, 1.165) is 24.5 Å². The summed E-state index contributed by atoms with van der Waals surface area (Å²) in [5.74, 6) is -0.0210. The van der Waals surface area contributed by atoms with Gasteiger partial charge in [0.2, 0.25) is 0 Å². The maximum absolute atomic E-state index is 12.4. The summed E-state index contributed by atoms with van der Waals surface area (Å²) >= 11 is 6.12. The van der Waals surface area contributed by atoms with Gasteiger partial charge in [-0.2, -0.15) is 5.10 Å². The van der Waals surface area contributed by atoms with Crippen LogP contribution in [-0.2, 0) is 0 Å². The fraction of sp³-hybridized carbons (Fsp3) is 0.474. The summed E-state index contributed by atoms with van der Waals surface area (Å²) in [7, 11) is 0. The molecular weight excluding hydrogens is 336 g/mol. The number of aromatic nitrogens is 2. The van der Waals surface area contributed by atoms with E-state index >= 15 is 0 Å². The van der Waals surface area contributed by atoms with Crippen LogP contribution in [0.1, 0.15) is 54.2 Å². The van der Waals surface area contributed by atoms with Crippen LogP contribution in [0.25, 0.3) is 0 Å². The molecule has 1 atom stereocenters. The van der Waals surface area contributed by atoms with Gasteiger partial charge in [-0.15, -0.1) is 0 Å². The van der Waals surface area contributed by atoms with Gasteiger partial charge in [-0.05, 0) is 37.0 Å². The van der Waals surface area contributed by atoms with Gasteiger partial charge in [-0.3, -0.25) is 14.4 Å². The molecule has 1 aromatic heterocycles. The number of rotatable bonds is 6. The number of amides is 1. The van der Waals surface area contributed by atoms with Crippen LogP contribution in [0, 0.1) is 0 Å². The van der Waals surface area contributed by atoms with E-state index in [-0.39, 0.29) is 11.9 Å². The number of carbonyl (C=O) groups is 1. The zero-order valence-electron chi connectivity index (χ0n) is 14.4. The molecule has 132 valence electrons. The third-order valence-corrected chi connectivity index (χ3v) is 5.33. The summed E-state index contributed by atoms with van der Waals surface area (Å²) in [6.45, 7) is 3.92. The zero-order chi connectivity index (χ0) is 17.4. The molecule has 1 aromatic carbocycles. The highest BCUT2D eigenvalue weighted by Gasteiger charge is 2.33. The number of hydrogen-bond donors (Lipinski definition) is 1. The topological polar surface area (TPSA) is 50.2 Å². The van der Waals surface area contributed by atoms with E-state index in [2.05, 4.69) is 28.3 Å². The molecule has 2 aliphatic rings. The minimum Gasteiger partial charge on any atom is -0.347 e. The van der Waals surface area contributed by atoms with E-state index in [1.165, 1.54) is 18.4 Å². The van der Waals surface area contributed by atoms with Crippen LogP contribution >= 0.6 is 11.6 Å². The van der Waals surface area contributed by atoms with Crippen molar-refractivity contribution in [3.05, 3.63) is 52.8 Å². The van der Waals surface area contributed by atoms with Crippen LogP contribution in [0.5, 0.6) is 0 Å². The second-order valence-corrected chi connectivity index (χ2v) is 7.48. The van der Waals surface area contributed by atoms with Gasteiger partial charge in [0.1, 0.15) is 0 Å². The van der Waals surface area contributed by atoms with Crippen LogP contribution in [-0.4, -0.2) is 39.7 Å². The average molecular weight is 359 g/mol. The monoisotopic (exact) mass is 358 g/mol. The van der Waals surface area contributed by atoms with Crippen LogP contribution in [0.4, 0.5) is 0 Å². The molecule has 2 heterocycles. The summed E-state index contributed by atoms with van der Waals surface area (Å²) < 4.78 is 1.91. The predicted molar refractivity (Wildman–Crippen MR) is 97.8 cm³/mol. The van der Waals surface area contributed by atoms with E-state index in [0.29, 0.717) is 17.6 Å². The van der Waals surface area contributed by atoms with Crippen LogP contribution in [0.3, 0.4) is 0 Å². The maximum atomic E-state index is 12.4. The molecule has 4 rings (SSSR count). The van der Waals surface area contributed by atoms with E-state index < -0.39 is 0 Å². The Morgan fingerprint density at radius 2 is 2.20 bits per heavy atom. The van der Waals surface area contributed by atoms with Gasteiger partial charge in [0.25, 0.3) is 5.91 Å². The van der Waals surface area contributed by atoms with E-state index in [9.17, 15) is 4.79 Å². The number of benzene rings is 1. The summed E-state index contributed by atoms with van der Waals surface area (Å²) in [4.78, 5) is 14.8. The van der Waals surface area contributed by atoms with Crippen molar-refractivity contribution in [1.82, 2.24) is 20.0 Å². The third kappa shape index (κ3) is 3.58. The minimum atomic E-state index is -0.0210. The van der Waals surface area contributed by atoms with Crippen LogP contribution in [0.15, 0.2) is 36.7 Å². The van der Waals surface area contributed by atoms with Crippen molar-refractivity contribution >= 4 is 17.5 Å². The largest absolute Gasteiger partial charge is 0.347 e. The Morgan fingerprint density at radius 3 is 2.88 bits per heavy atom. The maximum Gasteiger partial charge on any atom is 0.254 e.